The third-order valence-corrected chi connectivity index (χ3v) is 8.00. The van der Waals surface area contributed by atoms with Crippen molar-refractivity contribution in [1.29, 1.82) is 0 Å². The van der Waals surface area contributed by atoms with Gasteiger partial charge in [0.1, 0.15) is 5.82 Å². The summed E-state index contributed by atoms with van der Waals surface area (Å²) >= 11 is 3.32. The fourth-order valence-electron chi connectivity index (χ4n) is 4.34. The molecule has 0 saturated heterocycles. The molecular weight excluding hydrogens is 456 g/mol. The van der Waals surface area contributed by atoms with E-state index in [2.05, 4.69) is 33.8 Å². The minimum absolute atomic E-state index is 0.0435. The van der Waals surface area contributed by atoms with Crippen molar-refractivity contribution in [3.63, 3.8) is 0 Å². The van der Waals surface area contributed by atoms with E-state index in [4.69, 9.17) is 0 Å². The first-order valence-corrected chi connectivity index (χ1v) is 12.5. The molecule has 33 heavy (non-hydrogen) atoms. The lowest BCUT2D eigenvalue weighted by molar-refractivity contribution is -0.140. The maximum absolute atomic E-state index is 12.6. The van der Waals surface area contributed by atoms with Crippen LogP contribution in [-0.4, -0.2) is 53.3 Å². The van der Waals surface area contributed by atoms with E-state index < -0.39 is 11.7 Å². The molecule has 0 atom stereocenters. The SMILES string of the molecule is O=C1CSc2ccc(C3=C4N=CC(=O)C(=O)N4CC=C3c3ccc4c(c3)NCCS4)cc2N1. The second-order valence-corrected chi connectivity index (χ2v) is 10.0. The number of anilines is 2. The lowest BCUT2D eigenvalue weighted by Crippen LogP contribution is -2.41. The second kappa shape index (κ2) is 7.93. The fourth-order valence-corrected chi connectivity index (χ4v) is 6.00. The Morgan fingerprint density at radius 1 is 0.939 bits per heavy atom. The van der Waals surface area contributed by atoms with Crippen LogP contribution in [0.4, 0.5) is 11.4 Å². The van der Waals surface area contributed by atoms with Gasteiger partial charge in [0.2, 0.25) is 5.91 Å². The number of carbonyl (C=O) groups excluding carboxylic acids is 3. The Kier molecular flexibility index (Phi) is 4.88. The van der Waals surface area contributed by atoms with Crippen LogP contribution in [0.2, 0.25) is 0 Å². The third kappa shape index (κ3) is 3.48. The topological polar surface area (TPSA) is 90.9 Å². The standard InChI is InChI=1S/C24H18N4O3S2/c29-18-11-26-23-22(14-2-4-20-17(10-14)27-21(30)12-33-20)15(5-7-28(23)24(18)31)13-1-3-19-16(9-13)25-6-8-32-19/h1-5,9-11,25H,6-8,12H2,(H,27,30). The van der Waals surface area contributed by atoms with E-state index in [9.17, 15) is 14.4 Å². The summed E-state index contributed by atoms with van der Waals surface area (Å²) in [5.41, 5.74) is 5.35. The van der Waals surface area contributed by atoms with Crippen LogP contribution < -0.4 is 10.6 Å². The van der Waals surface area contributed by atoms with Gasteiger partial charge in [-0.2, -0.15) is 0 Å². The summed E-state index contributed by atoms with van der Waals surface area (Å²) in [6.45, 7) is 1.18. The van der Waals surface area contributed by atoms with Gasteiger partial charge in [-0.1, -0.05) is 18.2 Å². The number of rotatable bonds is 2. The Bertz CT molecular complexity index is 1350. The molecule has 2 amide bonds. The molecule has 0 aromatic heterocycles. The number of thioether (sulfide) groups is 2. The molecule has 0 fully saturated rings. The predicted octanol–water partition coefficient (Wildman–Crippen LogP) is 3.50. The zero-order valence-corrected chi connectivity index (χ0v) is 19.0. The van der Waals surface area contributed by atoms with E-state index in [1.54, 1.807) is 0 Å². The Morgan fingerprint density at radius 2 is 1.73 bits per heavy atom. The van der Waals surface area contributed by atoms with Crippen molar-refractivity contribution in [3.05, 3.63) is 59.4 Å². The lowest BCUT2D eigenvalue weighted by Gasteiger charge is -2.32. The smallest absolute Gasteiger partial charge is 0.301 e. The van der Waals surface area contributed by atoms with Gasteiger partial charge in [0.05, 0.1) is 17.7 Å². The zero-order valence-electron chi connectivity index (χ0n) is 17.4. The number of hydrogen-bond donors (Lipinski definition) is 2. The number of aliphatic imine (C=N–C) groups is 1. The number of carbonyl (C=O) groups is 3. The summed E-state index contributed by atoms with van der Waals surface area (Å²) in [5, 5.41) is 6.39. The highest BCUT2D eigenvalue weighted by atomic mass is 32.2. The van der Waals surface area contributed by atoms with E-state index in [-0.39, 0.29) is 12.5 Å². The van der Waals surface area contributed by atoms with Gasteiger partial charge in [-0.25, -0.2) is 4.99 Å². The minimum atomic E-state index is -0.626. The highest BCUT2D eigenvalue weighted by Crippen LogP contribution is 2.43. The number of ketones is 1. The van der Waals surface area contributed by atoms with E-state index in [1.807, 2.05) is 36.0 Å². The van der Waals surface area contributed by atoms with Crippen molar-refractivity contribution < 1.29 is 14.4 Å². The van der Waals surface area contributed by atoms with E-state index >= 15 is 0 Å². The van der Waals surface area contributed by atoms with Crippen LogP contribution in [0, 0.1) is 0 Å². The third-order valence-electron chi connectivity index (χ3n) is 5.85. The molecule has 4 aliphatic heterocycles. The number of allylic oxidation sites excluding steroid dienone is 2. The maximum atomic E-state index is 12.6. The van der Waals surface area contributed by atoms with Crippen LogP contribution in [0.3, 0.4) is 0 Å². The number of benzene rings is 2. The highest BCUT2D eigenvalue weighted by Gasteiger charge is 2.34. The van der Waals surface area contributed by atoms with Gasteiger partial charge in [-0.15, -0.1) is 23.5 Å². The Hall–Kier alpha value is -3.30. The van der Waals surface area contributed by atoms with E-state index in [0.717, 1.165) is 57.1 Å². The van der Waals surface area contributed by atoms with Crippen molar-refractivity contribution >= 4 is 69.9 Å². The molecule has 0 radical (unpaired) electrons. The summed E-state index contributed by atoms with van der Waals surface area (Å²) in [5.74, 6) is 0.616. The molecule has 0 bridgehead atoms. The minimum Gasteiger partial charge on any atom is -0.383 e. The first-order chi connectivity index (χ1) is 16.1. The first kappa shape index (κ1) is 20.3. The molecule has 2 aromatic carbocycles. The molecule has 0 aliphatic carbocycles. The molecule has 4 aliphatic rings. The number of fused-ring (bicyclic) bond motifs is 3. The number of Topliss-reactive ketones (excluding diaryl/α,β-unsaturated/α-hetero) is 1. The summed E-state index contributed by atoms with van der Waals surface area (Å²) < 4.78 is 0. The molecule has 2 aromatic rings. The lowest BCUT2D eigenvalue weighted by atomic mass is 9.88. The van der Waals surface area contributed by atoms with Crippen molar-refractivity contribution in [2.75, 3.05) is 35.2 Å². The first-order valence-electron chi connectivity index (χ1n) is 10.5. The normalized spacial score (nSPS) is 19.3. The molecule has 4 heterocycles. The van der Waals surface area contributed by atoms with Gasteiger partial charge in [-0.3, -0.25) is 19.3 Å². The van der Waals surface area contributed by atoms with Gasteiger partial charge in [0, 0.05) is 39.9 Å². The van der Waals surface area contributed by atoms with Crippen LogP contribution >= 0.6 is 23.5 Å². The summed E-state index contributed by atoms with van der Waals surface area (Å²) in [6, 6.07) is 12.2. The van der Waals surface area contributed by atoms with Crippen LogP contribution in [0.25, 0.3) is 11.1 Å². The van der Waals surface area contributed by atoms with Crippen LogP contribution in [0.5, 0.6) is 0 Å². The quantitative estimate of drug-likeness (QED) is 0.648. The monoisotopic (exact) mass is 474 g/mol. The molecule has 6 rings (SSSR count). The van der Waals surface area contributed by atoms with Crippen molar-refractivity contribution in [3.8, 4) is 0 Å². The van der Waals surface area contributed by atoms with Gasteiger partial charge in [0.25, 0.3) is 5.78 Å². The number of nitrogens with zero attached hydrogens (tertiary/aromatic N) is 2. The largest absolute Gasteiger partial charge is 0.383 e. The van der Waals surface area contributed by atoms with E-state index in [0.29, 0.717) is 11.6 Å². The average Bonchev–Trinajstić information content (AvgIpc) is 2.85. The van der Waals surface area contributed by atoms with E-state index in [1.165, 1.54) is 21.6 Å². The van der Waals surface area contributed by atoms with Crippen molar-refractivity contribution in [1.82, 2.24) is 4.90 Å². The number of nitrogens with one attached hydrogen (secondary N) is 2. The molecule has 2 N–H and O–H groups in total. The van der Waals surface area contributed by atoms with Gasteiger partial charge >= 0.3 is 5.91 Å². The summed E-state index contributed by atoms with van der Waals surface area (Å²) in [6.07, 6.45) is 3.06. The second-order valence-electron chi connectivity index (χ2n) is 7.89. The maximum Gasteiger partial charge on any atom is 0.301 e. The van der Waals surface area contributed by atoms with Crippen LogP contribution in [-0.2, 0) is 14.4 Å². The molecule has 7 nitrogen and oxygen atoms in total. The molecule has 0 spiro atoms. The van der Waals surface area contributed by atoms with Crippen LogP contribution in [0.15, 0.2) is 63.1 Å². The predicted molar refractivity (Wildman–Crippen MR) is 132 cm³/mol. The summed E-state index contributed by atoms with van der Waals surface area (Å²) in [4.78, 5) is 44.6. The molecule has 164 valence electrons. The average molecular weight is 475 g/mol. The molecular formula is C24H18N4O3S2. The molecule has 0 saturated carbocycles. The zero-order chi connectivity index (χ0) is 22.5. The molecule has 0 unspecified atom stereocenters. The highest BCUT2D eigenvalue weighted by molar-refractivity contribution is 8.00. The van der Waals surface area contributed by atoms with Gasteiger partial charge in [-0.05, 0) is 41.0 Å². The van der Waals surface area contributed by atoms with Gasteiger partial charge < -0.3 is 10.6 Å². The van der Waals surface area contributed by atoms with Gasteiger partial charge in [0.15, 0.2) is 0 Å². The van der Waals surface area contributed by atoms with Crippen molar-refractivity contribution in [2.24, 2.45) is 4.99 Å². The Balaban J connectivity index is 1.52. The van der Waals surface area contributed by atoms with Crippen molar-refractivity contribution in [2.45, 2.75) is 9.79 Å². The Morgan fingerprint density at radius 3 is 2.61 bits per heavy atom. The summed E-state index contributed by atoms with van der Waals surface area (Å²) in [7, 11) is 0. The molecule has 9 heteroatoms. The number of hydrogen-bond acceptors (Lipinski definition) is 7. The Labute approximate surface area is 198 Å². The number of amides is 2. The van der Waals surface area contributed by atoms with Crippen LogP contribution in [0.1, 0.15) is 11.1 Å². The fraction of sp³-hybridized carbons (Fsp3) is 0.167.